The molecule has 7 heteroatoms. The third kappa shape index (κ3) is 3.56. The molecule has 0 spiro atoms. The zero-order valence-corrected chi connectivity index (χ0v) is 9.41. The van der Waals surface area contributed by atoms with Crippen LogP contribution in [0.15, 0.2) is 34.5 Å². The zero-order chi connectivity index (χ0) is 12.8. The maximum Gasteiger partial charge on any atom is 0.269 e. The van der Waals surface area contributed by atoms with E-state index >= 15 is 0 Å². The fourth-order valence-corrected chi connectivity index (χ4v) is 0.959. The molecule has 0 saturated heterocycles. The van der Waals surface area contributed by atoms with Crippen molar-refractivity contribution in [3.63, 3.8) is 0 Å². The monoisotopic (exact) mass is 236 g/mol. The quantitative estimate of drug-likeness (QED) is 0.362. The molecule has 1 aromatic carbocycles. The Morgan fingerprint density at radius 2 is 1.88 bits per heavy atom. The Hall–Kier alpha value is -2.44. The lowest BCUT2D eigenvalue weighted by Crippen LogP contribution is -2.08. The number of oxime groups is 1. The zero-order valence-electron chi connectivity index (χ0n) is 9.41. The van der Waals surface area contributed by atoms with E-state index in [-0.39, 0.29) is 5.69 Å². The van der Waals surface area contributed by atoms with Crippen LogP contribution in [0.3, 0.4) is 0 Å². The Morgan fingerprint density at radius 1 is 1.29 bits per heavy atom. The minimum atomic E-state index is -0.471. The number of nitrogens with zero attached hydrogens (tertiary/aromatic N) is 3. The molecule has 17 heavy (non-hydrogen) atoms. The van der Waals surface area contributed by atoms with Gasteiger partial charge in [-0.3, -0.25) is 15.5 Å². The van der Waals surface area contributed by atoms with Crippen molar-refractivity contribution in [3.05, 3.63) is 34.4 Å². The topological polar surface area (TPSA) is 100 Å². The van der Waals surface area contributed by atoms with Crippen LogP contribution in [0, 0.1) is 10.1 Å². The van der Waals surface area contributed by atoms with E-state index < -0.39 is 4.92 Å². The normalized spacial score (nSPS) is 12.4. The largest absolute Gasteiger partial charge is 0.411 e. The molecule has 0 bridgehead atoms. The van der Waals surface area contributed by atoms with E-state index in [2.05, 4.69) is 15.7 Å². The second kappa shape index (κ2) is 5.59. The molecular formula is C10H12N4O3. The third-order valence-corrected chi connectivity index (χ3v) is 2.10. The van der Waals surface area contributed by atoms with E-state index in [1.54, 1.807) is 26.0 Å². The number of hydrazone groups is 1. The van der Waals surface area contributed by atoms with Gasteiger partial charge in [0.15, 0.2) is 0 Å². The van der Waals surface area contributed by atoms with Gasteiger partial charge in [-0.15, -0.1) is 0 Å². The van der Waals surface area contributed by atoms with Gasteiger partial charge in [-0.25, -0.2) is 0 Å². The molecule has 0 radical (unpaired) electrons. The van der Waals surface area contributed by atoms with Crippen molar-refractivity contribution >= 4 is 22.8 Å². The van der Waals surface area contributed by atoms with Crippen molar-refractivity contribution in [1.82, 2.24) is 0 Å². The summed E-state index contributed by atoms with van der Waals surface area (Å²) in [6.45, 7) is 3.28. The first-order valence-electron chi connectivity index (χ1n) is 4.78. The van der Waals surface area contributed by atoms with Gasteiger partial charge in [-0.1, -0.05) is 5.16 Å². The molecule has 1 rings (SSSR count). The summed E-state index contributed by atoms with van der Waals surface area (Å²) in [5.74, 6) is 0. The number of hydrogen-bond acceptors (Lipinski definition) is 6. The van der Waals surface area contributed by atoms with Crippen LogP contribution in [0.25, 0.3) is 0 Å². The summed E-state index contributed by atoms with van der Waals surface area (Å²) in [5.41, 5.74) is 4.24. The molecule has 1 aromatic rings. The molecule has 0 aliphatic carbocycles. The molecule has 0 atom stereocenters. The maximum atomic E-state index is 10.4. The number of rotatable bonds is 4. The molecule has 0 fully saturated rings. The van der Waals surface area contributed by atoms with Gasteiger partial charge in [0, 0.05) is 12.1 Å². The van der Waals surface area contributed by atoms with Crippen LogP contribution in [0.1, 0.15) is 13.8 Å². The van der Waals surface area contributed by atoms with Crippen LogP contribution in [0.4, 0.5) is 11.4 Å². The average molecular weight is 236 g/mol. The van der Waals surface area contributed by atoms with Gasteiger partial charge in [0.1, 0.15) is 0 Å². The summed E-state index contributed by atoms with van der Waals surface area (Å²) >= 11 is 0. The number of nitro benzene ring substituents is 1. The van der Waals surface area contributed by atoms with E-state index in [1.165, 1.54) is 12.1 Å². The van der Waals surface area contributed by atoms with E-state index in [9.17, 15) is 10.1 Å². The van der Waals surface area contributed by atoms with Gasteiger partial charge in [0.2, 0.25) is 0 Å². The van der Waals surface area contributed by atoms with E-state index in [0.717, 1.165) is 0 Å². The van der Waals surface area contributed by atoms with Gasteiger partial charge in [0.05, 0.1) is 22.0 Å². The smallest absolute Gasteiger partial charge is 0.269 e. The summed E-state index contributed by atoms with van der Waals surface area (Å²) in [4.78, 5) is 9.95. The first kappa shape index (κ1) is 12.6. The van der Waals surface area contributed by atoms with Crippen LogP contribution >= 0.6 is 0 Å². The molecule has 0 amide bonds. The van der Waals surface area contributed by atoms with E-state index in [4.69, 9.17) is 5.21 Å². The fourth-order valence-electron chi connectivity index (χ4n) is 0.959. The summed E-state index contributed by atoms with van der Waals surface area (Å²) in [6, 6.07) is 5.83. The molecule has 90 valence electrons. The highest BCUT2D eigenvalue weighted by Gasteiger charge is 2.03. The summed E-state index contributed by atoms with van der Waals surface area (Å²) in [5, 5.41) is 25.9. The standard InChI is InChI=1S/C10H12N4O3/c1-7(8(2)13-15)11-12-9-3-5-10(6-4-9)14(16)17/h3-6,12,15H,1-2H3/b11-7-,13-8-. The van der Waals surface area contributed by atoms with Crippen LogP contribution in [-0.4, -0.2) is 21.6 Å². The minimum absolute atomic E-state index is 0.0179. The summed E-state index contributed by atoms with van der Waals surface area (Å²) in [6.07, 6.45) is 0. The molecule has 2 N–H and O–H groups in total. The number of hydrogen-bond donors (Lipinski definition) is 2. The minimum Gasteiger partial charge on any atom is -0.411 e. The molecule has 0 unspecified atom stereocenters. The number of non-ortho nitro benzene ring substituents is 1. The number of benzene rings is 1. The van der Waals surface area contributed by atoms with Gasteiger partial charge in [-0.05, 0) is 26.0 Å². The summed E-state index contributed by atoms with van der Waals surface area (Å²) < 4.78 is 0. The van der Waals surface area contributed by atoms with Gasteiger partial charge >= 0.3 is 0 Å². The van der Waals surface area contributed by atoms with Crippen molar-refractivity contribution in [2.45, 2.75) is 13.8 Å². The number of nitrogens with one attached hydrogen (secondary N) is 1. The second-order valence-corrected chi connectivity index (χ2v) is 3.30. The third-order valence-electron chi connectivity index (χ3n) is 2.10. The first-order chi connectivity index (χ1) is 8.04. The Balaban J connectivity index is 2.74. The maximum absolute atomic E-state index is 10.4. The lowest BCUT2D eigenvalue weighted by atomic mass is 10.3. The highest BCUT2D eigenvalue weighted by Crippen LogP contribution is 2.15. The predicted octanol–water partition coefficient (Wildman–Crippen LogP) is 2.23. The summed E-state index contributed by atoms with van der Waals surface area (Å²) in [7, 11) is 0. The van der Waals surface area contributed by atoms with Crippen molar-refractivity contribution in [1.29, 1.82) is 0 Å². The molecule has 0 heterocycles. The molecular weight excluding hydrogens is 224 g/mol. The Kier molecular flexibility index (Phi) is 4.15. The fraction of sp³-hybridized carbons (Fsp3) is 0.200. The van der Waals surface area contributed by atoms with Gasteiger partial charge < -0.3 is 5.21 Å². The van der Waals surface area contributed by atoms with Gasteiger partial charge in [0.25, 0.3) is 5.69 Å². The highest BCUT2D eigenvalue weighted by atomic mass is 16.6. The number of nitro groups is 1. The van der Waals surface area contributed by atoms with Crippen LogP contribution in [0.5, 0.6) is 0 Å². The van der Waals surface area contributed by atoms with Crippen molar-refractivity contribution in [2.24, 2.45) is 10.3 Å². The lowest BCUT2D eigenvalue weighted by molar-refractivity contribution is -0.384. The Bertz CT molecular complexity index is 465. The van der Waals surface area contributed by atoms with Crippen molar-refractivity contribution in [2.75, 3.05) is 5.43 Å². The molecule has 7 nitrogen and oxygen atoms in total. The van der Waals surface area contributed by atoms with Gasteiger partial charge in [-0.2, -0.15) is 5.10 Å². The lowest BCUT2D eigenvalue weighted by Gasteiger charge is -2.01. The molecule has 0 saturated carbocycles. The predicted molar refractivity (Wildman–Crippen MR) is 64.7 cm³/mol. The van der Waals surface area contributed by atoms with E-state index in [0.29, 0.717) is 17.1 Å². The van der Waals surface area contributed by atoms with Crippen molar-refractivity contribution in [3.8, 4) is 0 Å². The number of anilines is 1. The molecule has 0 aromatic heterocycles. The SMILES string of the molecule is CC(=N/O)/C(C)=N\Nc1ccc([N+](=O)[O-])cc1. The second-order valence-electron chi connectivity index (χ2n) is 3.30. The van der Waals surface area contributed by atoms with Crippen LogP contribution in [-0.2, 0) is 0 Å². The van der Waals surface area contributed by atoms with Crippen LogP contribution < -0.4 is 5.43 Å². The van der Waals surface area contributed by atoms with Crippen molar-refractivity contribution < 1.29 is 10.1 Å². The highest BCUT2D eigenvalue weighted by molar-refractivity contribution is 6.40. The molecule has 0 aliphatic heterocycles. The Morgan fingerprint density at radius 3 is 2.35 bits per heavy atom. The molecule has 0 aliphatic rings. The Labute approximate surface area is 97.6 Å². The average Bonchev–Trinajstić information content (AvgIpc) is 2.35. The van der Waals surface area contributed by atoms with Crippen LogP contribution in [0.2, 0.25) is 0 Å². The van der Waals surface area contributed by atoms with E-state index in [1.807, 2.05) is 0 Å². The first-order valence-corrected chi connectivity index (χ1v) is 4.78.